The summed E-state index contributed by atoms with van der Waals surface area (Å²) in [6.07, 6.45) is 3.69. The van der Waals surface area contributed by atoms with Crippen LogP contribution >= 0.6 is 0 Å². The van der Waals surface area contributed by atoms with E-state index in [0.717, 1.165) is 11.4 Å². The van der Waals surface area contributed by atoms with Crippen molar-refractivity contribution in [1.82, 2.24) is 14.8 Å². The van der Waals surface area contributed by atoms with Crippen molar-refractivity contribution < 1.29 is 14.3 Å². The van der Waals surface area contributed by atoms with Gasteiger partial charge >= 0.3 is 5.97 Å². The molecule has 0 radical (unpaired) electrons. The molecule has 0 spiro atoms. The molecule has 1 heterocycles. The minimum atomic E-state index is -0.347. The molecular weight excluding hydrogens is 306 g/mol. The molecule has 1 aromatic heterocycles. The fourth-order valence-corrected chi connectivity index (χ4v) is 2.11. The SMILES string of the molecule is O=C(OCCCOc1ccccc1)c1ccc(-n2cncn2)cc1. The highest BCUT2D eigenvalue weighted by Crippen LogP contribution is 2.10. The van der Waals surface area contributed by atoms with Crippen molar-refractivity contribution in [2.75, 3.05) is 13.2 Å². The number of esters is 1. The van der Waals surface area contributed by atoms with Gasteiger partial charge in [-0.3, -0.25) is 0 Å². The molecule has 0 saturated carbocycles. The van der Waals surface area contributed by atoms with E-state index in [2.05, 4.69) is 10.1 Å². The Kier molecular flexibility index (Phi) is 5.19. The number of hydrogen-bond acceptors (Lipinski definition) is 5. The summed E-state index contributed by atoms with van der Waals surface area (Å²) < 4.78 is 12.4. The summed E-state index contributed by atoms with van der Waals surface area (Å²) in [5.74, 6) is 0.465. The monoisotopic (exact) mass is 323 g/mol. The predicted octanol–water partition coefficient (Wildman–Crippen LogP) is 2.89. The van der Waals surface area contributed by atoms with E-state index in [1.807, 2.05) is 30.3 Å². The third-order valence-corrected chi connectivity index (χ3v) is 3.32. The van der Waals surface area contributed by atoms with Crippen LogP contribution in [0.1, 0.15) is 16.8 Å². The van der Waals surface area contributed by atoms with Crippen LogP contribution in [0.25, 0.3) is 5.69 Å². The number of benzene rings is 2. The molecule has 2 aromatic carbocycles. The number of para-hydroxylation sites is 1. The van der Waals surface area contributed by atoms with Crippen LogP contribution in [0.2, 0.25) is 0 Å². The summed E-state index contributed by atoms with van der Waals surface area (Å²) in [5.41, 5.74) is 1.34. The molecular formula is C18H17N3O3. The third-order valence-electron chi connectivity index (χ3n) is 3.32. The van der Waals surface area contributed by atoms with Crippen molar-refractivity contribution in [3.05, 3.63) is 72.8 Å². The van der Waals surface area contributed by atoms with E-state index >= 15 is 0 Å². The molecule has 0 bridgehead atoms. The molecule has 0 amide bonds. The lowest BCUT2D eigenvalue weighted by Crippen LogP contribution is -2.09. The molecule has 0 aliphatic rings. The Balaban J connectivity index is 1.42. The first-order valence-electron chi connectivity index (χ1n) is 7.63. The van der Waals surface area contributed by atoms with Crippen molar-refractivity contribution >= 4 is 5.97 Å². The average molecular weight is 323 g/mol. The van der Waals surface area contributed by atoms with Crippen LogP contribution in [-0.2, 0) is 4.74 Å². The lowest BCUT2D eigenvalue weighted by atomic mass is 10.2. The number of nitrogens with zero attached hydrogens (tertiary/aromatic N) is 3. The normalized spacial score (nSPS) is 10.3. The predicted molar refractivity (Wildman–Crippen MR) is 88.2 cm³/mol. The van der Waals surface area contributed by atoms with Crippen LogP contribution < -0.4 is 4.74 Å². The Morgan fingerprint density at radius 2 is 1.79 bits per heavy atom. The number of aromatic nitrogens is 3. The van der Waals surface area contributed by atoms with Gasteiger partial charge in [0.2, 0.25) is 0 Å². The van der Waals surface area contributed by atoms with E-state index in [9.17, 15) is 4.79 Å². The van der Waals surface area contributed by atoms with Crippen molar-refractivity contribution in [1.29, 1.82) is 0 Å². The summed E-state index contributed by atoms with van der Waals surface area (Å²) >= 11 is 0. The first kappa shape index (κ1) is 15.7. The lowest BCUT2D eigenvalue weighted by molar-refractivity contribution is 0.0486. The van der Waals surface area contributed by atoms with Crippen molar-refractivity contribution in [3.8, 4) is 11.4 Å². The van der Waals surface area contributed by atoms with Crippen molar-refractivity contribution in [2.45, 2.75) is 6.42 Å². The summed E-state index contributed by atoms with van der Waals surface area (Å²) in [6.45, 7) is 0.818. The van der Waals surface area contributed by atoms with Crippen molar-refractivity contribution in [3.63, 3.8) is 0 Å². The standard InChI is InChI=1S/C18H17N3O3/c22-18(24-12-4-11-23-17-5-2-1-3-6-17)15-7-9-16(10-8-15)21-14-19-13-20-21/h1-3,5-10,13-14H,4,11-12H2. The fraction of sp³-hybridized carbons (Fsp3) is 0.167. The smallest absolute Gasteiger partial charge is 0.338 e. The van der Waals surface area contributed by atoms with Gasteiger partial charge < -0.3 is 9.47 Å². The fourth-order valence-electron chi connectivity index (χ4n) is 2.11. The van der Waals surface area contributed by atoms with Crippen LogP contribution in [0, 0.1) is 0 Å². The Morgan fingerprint density at radius 1 is 1.00 bits per heavy atom. The summed E-state index contributed by atoms with van der Waals surface area (Å²) in [7, 11) is 0. The highest BCUT2D eigenvalue weighted by atomic mass is 16.5. The second-order valence-electron chi connectivity index (χ2n) is 5.04. The van der Waals surface area contributed by atoms with Crippen LogP contribution in [0.4, 0.5) is 0 Å². The number of carbonyl (C=O) groups is 1. The number of carbonyl (C=O) groups excluding carboxylic acids is 1. The van der Waals surface area contributed by atoms with Crippen LogP contribution in [-0.4, -0.2) is 33.9 Å². The molecule has 0 atom stereocenters. The first-order chi connectivity index (χ1) is 11.8. The minimum Gasteiger partial charge on any atom is -0.493 e. The highest BCUT2D eigenvalue weighted by molar-refractivity contribution is 5.89. The van der Waals surface area contributed by atoms with Gasteiger partial charge in [0.25, 0.3) is 0 Å². The van der Waals surface area contributed by atoms with Gasteiger partial charge in [-0.25, -0.2) is 14.5 Å². The second-order valence-corrected chi connectivity index (χ2v) is 5.04. The summed E-state index contributed by atoms with van der Waals surface area (Å²) in [5, 5.41) is 4.03. The van der Waals surface area contributed by atoms with E-state index in [1.165, 1.54) is 6.33 Å². The molecule has 6 nitrogen and oxygen atoms in total. The number of ether oxygens (including phenoxy) is 2. The molecule has 0 N–H and O–H groups in total. The molecule has 6 heteroatoms. The van der Waals surface area contributed by atoms with Gasteiger partial charge in [0.15, 0.2) is 0 Å². The average Bonchev–Trinajstić information content (AvgIpc) is 3.17. The Morgan fingerprint density at radius 3 is 2.50 bits per heavy atom. The van der Waals surface area contributed by atoms with Gasteiger partial charge in [-0.1, -0.05) is 18.2 Å². The molecule has 0 aliphatic heterocycles. The van der Waals surface area contributed by atoms with Crippen LogP contribution in [0.3, 0.4) is 0 Å². The zero-order valence-corrected chi connectivity index (χ0v) is 13.0. The number of hydrogen-bond donors (Lipinski definition) is 0. The highest BCUT2D eigenvalue weighted by Gasteiger charge is 2.07. The maximum atomic E-state index is 12.0. The van der Waals surface area contributed by atoms with Gasteiger partial charge in [-0.2, -0.15) is 5.10 Å². The Labute approximate surface area is 139 Å². The Hall–Kier alpha value is -3.15. The van der Waals surface area contributed by atoms with Crippen LogP contribution in [0.15, 0.2) is 67.3 Å². The van der Waals surface area contributed by atoms with Gasteiger partial charge in [0.05, 0.1) is 24.5 Å². The molecule has 3 rings (SSSR count). The Bertz CT molecular complexity index is 756. The maximum Gasteiger partial charge on any atom is 0.338 e. The molecule has 122 valence electrons. The maximum absolute atomic E-state index is 12.0. The van der Waals surface area contributed by atoms with Gasteiger partial charge in [0.1, 0.15) is 18.4 Å². The quantitative estimate of drug-likeness (QED) is 0.494. The number of rotatable bonds is 7. The third kappa shape index (κ3) is 4.19. The zero-order valence-electron chi connectivity index (χ0n) is 13.0. The largest absolute Gasteiger partial charge is 0.493 e. The van der Waals surface area contributed by atoms with E-state index in [4.69, 9.17) is 9.47 Å². The topological polar surface area (TPSA) is 66.2 Å². The molecule has 0 saturated heterocycles. The van der Waals surface area contributed by atoms with Crippen LogP contribution in [0.5, 0.6) is 5.75 Å². The molecule has 3 aromatic rings. The van der Waals surface area contributed by atoms with Gasteiger partial charge in [-0.05, 0) is 36.4 Å². The zero-order chi connectivity index (χ0) is 16.6. The molecule has 0 unspecified atom stereocenters. The molecule has 0 fully saturated rings. The summed E-state index contributed by atoms with van der Waals surface area (Å²) in [4.78, 5) is 15.9. The minimum absolute atomic E-state index is 0.316. The first-order valence-corrected chi connectivity index (χ1v) is 7.63. The van der Waals surface area contributed by atoms with E-state index in [0.29, 0.717) is 25.2 Å². The molecule has 24 heavy (non-hydrogen) atoms. The van der Waals surface area contributed by atoms with Crippen molar-refractivity contribution in [2.24, 2.45) is 0 Å². The van der Waals surface area contributed by atoms with Gasteiger partial charge in [0, 0.05) is 6.42 Å². The summed E-state index contributed by atoms with van der Waals surface area (Å²) in [6, 6.07) is 16.6. The van der Waals surface area contributed by atoms with E-state index in [1.54, 1.807) is 35.3 Å². The lowest BCUT2D eigenvalue weighted by Gasteiger charge is -2.07. The second kappa shape index (κ2) is 7.92. The van der Waals surface area contributed by atoms with E-state index < -0.39 is 0 Å². The molecule has 0 aliphatic carbocycles. The van der Waals surface area contributed by atoms with Gasteiger partial charge in [-0.15, -0.1) is 0 Å². The van der Waals surface area contributed by atoms with E-state index in [-0.39, 0.29) is 5.97 Å².